The Morgan fingerprint density at radius 1 is 0.484 bits per heavy atom. The zero-order valence-corrected chi connectivity index (χ0v) is 18.6. The summed E-state index contributed by atoms with van der Waals surface area (Å²) in [4.78, 5) is 0. The van der Waals surface area contributed by atoms with Crippen molar-refractivity contribution in [2.24, 2.45) is 0 Å². The van der Waals surface area contributed by atoms with Crippen LogP contribution in [0, 0.1) is 0 Å². The summed E-state index contributed by atoms with van der Waals surface area (Å²) >= 11 is 0. The molecule has 154 valence electrons. The first kappa shape index (κ1) is 18.4. The van der Waals surface area contributed by atoms with E-state index >= 15 is 0 Å². The maximum Gasteiger partial charge on any atom is 0.0387 e. The normalized spacial score (nSPS) is 16.3. The lowest BCUT2D eigenvalue weighted by Gasteiger charge is -2.23. The number of hydrogen-bond donors (Lipinski definition) is 1. The van der Waals surface area contributed by atoms with Gasteiger partial charge in [0, 0.05) is 23.6 Å². The maximum absolute atomic E-state index is 3.69. The number of rotatable bonds is 2. The molecule has 0 saturated carbocycles. The lowest BCUT2D eigenvalue weighted by molar-refractivity contribution is 0.660. The van der Waals surface area contributed by atoms with E-state index in [1.807, 2.05) is 0 Å². The van der Waals surface area contributed by atoms with Crippen molar-refractivity contribution in [3.05, 3.63) is 107 Å². The van der Waals surface area contributed by atoms with Crippen molar-refractivity contribution in [3.8, 4) is 22.3 Å². The van der Waals surface area contributed by atoms with Crippen LogP contribution in [-0.2, 0) is 10.8 Å². The molecule has 0 spiro atoms. The van der Waals surface area contributed by atoms with E-state index in [1.165, 1.54) is 44.5 Å². The molecule has 2 aliphatic carbocycles. The van der Waals surface area contributed by atoms with Crippen molar-refractivity contribution in [2.75, 3.05) is 5.32 Å². The molecule has 0 aromatic heterocycles. The standard InChI is InChI=1S/C30H27N.H2/c1-29(2)25-11-7-5-9-21(25)23-15-13-19(17-27(23)29)31-20-14-16-24-22-10-6-8-12-26(22)30(3,4)28(24)18-20;/h5-18,31H,1-4H3;1H. The van der Waals surface area contributed by atoms with Crippen LogP contribution in [0.1, 0.15) is 51.4 Å². The van der Waals surface area contributed by atoms with Crippen molar-refractivity contribution in [1.29, 1.82) is 0 Å². The van der Waals surface area contributed by atoms with E-state index in [0.717, 1.165) is 11.4 Å². The summed E-state index contributed by atoms with van der Waals surface area (Å²) in [6.07, 6.45) is 0. The van der Waals surface area contributed by atoms with Gasteiger partial charge < -0.3 is 5.32 Å². The Labute approximate surface area is 186 Å². The molecule has 4 aromatic carbocycles. The van der Waals surface area contributed by atoms with Crippen molar-refractivity contribution in [3.63, 3.8) is 0 Å². The van der Waals surface area contributed by atoms with Crippen LogP contribution in [0.2, 0.25) is 0 Å². The quantitative estimate of drug-likeness (QED) is 0.355. The van der Waals surface area contributed by atoms with Gasteiger partial charge in [-0.25, -0.2) is 0 Å². The predicted octanol–water partition coefficient (Wildman–Crippen LogP) is 8.29. The van der Waals surface area contributed by atoms with Gasteiger partial charge in [-0.15, -0.1) is 0 Å². The Kier molecular flexibility index (Phi) is 3.63. The van der Waals surface area contributed by atoms with Gasteiger partial charge >= 0.3 is 0 Å². The second kappa shape index (κ2) is 6.11. The minimum Gasteiger partial charge on any atom is -0.356 e. The number of hydrogen-bond acceptors (Lipinski definition) is 1. The van der Waals surface area contributed by atoms with Crippen molar-refractivity contribution >= 4 is 11.4 Å². The SMILES string of the molecule is CC1(C)c2ccccc2-c2ccc(Nc3ccc4c(c3)C(C)(C)c3ccccc3-4)cc21.[HH]. The molecule has 6 rings (SSSR count). The van der Waals surface area contributed by atoms with E-state index in [2.05, 4.69) is 118 Å². The molecule has 0 saturated heterocycles. The largest absolute Gasteiger partial charge is 0.356 e. The average molecular weight is 404 g/mol. The van der Waals surface area contributed by atoms with Gasteiger partial charge in [0.05, 0.1) is 0 Å². The summed E-state index contributed by atoms with van der Waals surface area (Å²) in [6, 6.07) is 31.3. The molecule has 4 aromatic rings. The lowest BCUT2D eigenvalue weighted by Crippen LogP contribution is -2.15. The predicted molar refractivity (Wildman–Crippen MR) is 133 cm³/mol. The highest BCUT2D eigenvalue weighted by atomic mass is 14.9. The summed E-state index contributed by atoms with van der Waals surface area (Å²) in [5.74, 6) is 0. The molecule has 0 atom stereocenters. The molecule has 0 amide bonds. The molecule has 1 nitrogen and oxygen atoms in total. The molecule has 0 aliphatic heterocycles. The Hall–Kier alpha value is -3.32. The number of fused-ring (bicyclic) bond motifs is 6. The molecule has 1 heteroatoms. The molecular weight excluding hydrogens is 374 g/mol. The molecule has 0 unspecified atom stereocenters. The van der Waals surface area contributed by atoms with Crippen LogP contribution >= 0.6 is 0 Å². The Bertz CT molecular complexity index is 1260. The van der Waals surface area contributed by atoms with E-state index in [9.17, 15) is 0 Å². The highest BCUT2D eigenvalue weighted by Crippen LogP contribution is 2.51. The number of benzene rings is 4. The van der Waals surface area contributed by atoms with Crippen LogP contribution in [0.25, 0.3) is 22.3 Å². The van der Waals surface area contributed by atoms with Gasteiger partial charge in [0.25, 0.3) is 0 Å². The van der Waals surface area contributed by atoms with E-state index in [4.69, 9.17) is 0 Å². The minimum atomic E-state index is 0. The third-order valence-electron chi connectivity index (χ3n) is 7.46. The van der Waals surface area contributed by atoms with Gasteiger partial charge in [0.2, 0.25) is 0 Å². The van der Waals surface area contributed by atoms with E-state index in [-0.39, 0.29) is 12.3 Å². The van der Waals surface area contributed by atoms with Gasteiger partial charge in [-0.05, 0) is 68.8 Å². The van der Waals surface area contributed by atoms with Crippen LogP contribution in [0.5, 0.6) is 0 Å². The van der Waals surface area contributed by atoms with Gasteiger partial charge in [0.1, 0.15) is 0 Å². The Morgan fingerprint density at radius 3 is 1.32 bits per heavy atom. The Morgan fingerprint density at radius 2 is 0.871 bits per heavy atom. The van der Waals surface area contributed by atoms with Crippen molar-refractivity contribution in [2.45, 2.75) is 38.5 Å². The average Bonchev–Trinajstić information content (AvgIpc) is 3.14. The van der Waals surface area contributed by atoms with Crippen LogP contribution in [0.3, 0.4) is 0 Å². The zero-order valence-electron chi connectivity index (χ0n) is 18.6. The second-order valence-electron chi connectivity index (χ2n) is 9.99. The molecule has 2 aliphatic rings. The van der Waals surface area contributed by atoms with Gasteiger partial charge in [0.15, 0.2) is 0 Å². The van der Waals surface area contributed by atoms with E-state index in [1.54, 1.807) is 0 Å². The molecule has 1 N–H and O–H groups in total. The van der Waals surface area contributed by atoms with Crippen molar-refractivity contribution < 1.29 is 1.43 Å². The fourth-order valence-electron chi connectivity index (χ4n) is 5.73. The summed E-state index contributed by atoms with van der Waals surface area (Å²) in [7, 11) is 0. The first-order chi connectivity index (χ1) is 14.9. The van der Waals surface area contributed by atoms with E-state index in [0.29, 0.717) is 0 Å². The number of nitrogens with one attached hydrogen (secondary N) is 1. The summed E-state index contributed by atoms with van der Waals surface area (Å²) in [5, 5.41) is 3.69. The molecule has 31 heavy (non-hydrogen) atoms. The summed E-state index contributed by atoms with van der Waals surface area (Å²) in [5.41, 5.74) is 13.4. The molecule has 0 fully saturated rings. The van der Waals surface area contributed by atoms with Crippen LogP contribution in [0.15, 0.2) is 84.9 Å². The van der Waals surface area contributed by atoms with Gasteiger partial charge in [-0.3, -0.25) is 0 Å². The smallest absolute Gasteiger partial charge is 0.0387 e. The third kappa shape index (κ3) is 2.50. The minimum absolute atomic E-state index is 0. The lowest BCUT2D eigenvalue weighted by atomic mass is 9.82. The first-order valence-corrected chi connectivity index (χ1v) is 11.1. The van der Waals surface area contributed by atoms with E-state index < -0.39 is 0 Å². The maximum atomic E-state index is 3.69. The fourth-order valence-corrected chi connectivity index (χ4v) is 5.73. The number of anilines is 2. The van der Waals surface area contributed by atoms with Crippen LogP contribution in [-0.4, -0.2) is 0 Å². The van der Waals surface area contributed by atoms with Crippen LogP contribution < -0.4 is 5.32 Å². The topological polar surface area (TPSA) is 12.0 Å². The van der Waals surface area contributed by atoms with Gasteiger partial charge in [-0.2, -0.15) is 0 Å². The highest BCUT2D eigenvalue weighted by molar-refractivity contribution is 5.85. The van der Waals surface area contributed by atoms with Gasteiger partial charge in [-0.1, -0.05) is 88.4 Å². The third-order valence-corrected chi connectivity index (χ3v) is 7.46. The van der Waals surface area contributed by atoms with Crippen LogP contribution in [0.4, 0.5) is 11.4 Å². The molecule has 0 heterocycles. The van der Waals surface area contributed by atoms with Crippen molar-refractivity contribution in [1.82, 2.24) is 0 Å². The molecule has 0 bridgehead atoms. The second-order valence-corrected chi connectivity index (χ2v) is 9.99. The monoisotopic (exact) mass is 403 g/mol. The zero-order chi connectivity index (χ0) is 21.4. The Balaban J connectivity index is 0.00000216. The molecule has 0 radical (unpaired) electrons. The summed E-state index contributed by atoms with van der Waals surface area (Å²) in [6.45, 7) is 9.32. The first-order valence-electron chi connectivity index (χ1n) is 11.1. The summed E-state index contributed by atoms with van der Waals surface area (Å²) < 4.78 is 0. The fraction of sp³-hybridized carbons (Fsp3) is 0.200. The highest BCUT2D eigenvalue weighted by Gasteiger charge is 2.36. The molecular formula is C30H29N.